The normalized spacial score (nSPS) is 14.1. The van der Waals surface area contributed by atoms with Crippen molar-refractivity contribution in [1.82, 2.24) is 14.5 Å². The zero-order chi connectivity index (χ0) is 11.6. The summed E-state index contributed by atoms with van der Waals surface area (Å²) in [5, 5.41) is 13.2. The number of rotatable bonds is 4. The molecular weight excluding hydrogens is 218 g/mol. The number of hydrogen-bond donors (Lipinski definition) is 3. The van der Waals surface area contributed by atoms with Gasteiger partial charge >= 0.3 is 0 Å². The largest absolute Gasteiger partial charge is 0.386 e. The third-order valence-corrected chi connectivity index (χ3v) is 4.04. The van der Waals surface area contributed by atoms with Crippen LogP contribution < -0.4 is 5.73 Å². The van der Waals surface area contributed by atoms with Crippen LogP contribution in [0.2, 0.25) is 0 Å². The van der Waals surface area contributed by atoms with Crippen molar-refractivity contribution in [3.63, 3.8) is 0 Å². The summed E-state index contributed by atoms with van der Waals surface area (Å²) >= 11 is 0. The topological polar surface area (TPSA) is 116 Å². The van der Waals surface area contributed by atoms with Crippen LogP contribution in [0.5, 0.6) is 0 Å². The van der Waals surface area contributed by atoms with Gasteiger partial charge in [-0.2, -0.15) is 9.40 Å². The van der Waals surface area contributed by atoms with Gasteiger partial charge < -0.3 is 5.73 Å². The van der Waals surface area contributed by atoms with E-state index in [0.717, 1.165) is 4.31 Å². The van der Waals surface area contributed by atoms with Gasteiger partial charge in [-0.25, -0.2) is 8.42 Å². The molecule has 7 nitrogen and oxygen atoms in total. The molecule has 0 saturated heterocycles. The summed E-state index contributed by atoms with van der Waals surface area (Å²) in [6.07, 6.45) is 2.48. The Bertz CT molecular complexity index is 438. The molecule has 0 saturated carbocycles. The summed E-state index contributed by atoms with van der Waals surface area (Å²) in [5.74, 6) is -0.204. The van der Waals surface area contributed by atoms with Gasteiger partial charge in [-0.15, -0.1) is 0 Å². The fourth-order valence-electron chi connectivity index (χ4n) is 0.950. The summed E-state index contributed by atoms with van der Waals surface area (Å²) in [5.41, 5.74) is 5.24. The summed E-state index contributed by atoms with van der Waals surface area (Å²) in [6, 6.07) is -0.676. The van der Waals surface area contributed by atoms with Crippen LogP contribution in [0.1, 0.15) is 6.92 Å². The molecule has 1 aromatic rings. The molecule has 1 atom stereocenters. The summed E-state index contributed by atoms with van der Waals surface area (Å²) in [4.78, 5) is 0.0538. The highest BCUT2D eigenvalue weighted by molar-refractivity contribution is 7.89. The van der Waals surface area contributed by atoms with Crippen LogP contribution in [0.3, 0.4) is 0 Å². The van der Waals surface area contributed by atoms with Gasteiger partial charge in [0.25, 0.3) is 0 Å². The minimum Gasteiger partial charge on any atom is -0.386 e. The van der Waals surface area contributed by atoms with E-state index in [0.29, 0.717) is 0 Å². The Morgan fingerprint density at radius 1 is 1.73 bits per heavy atom. The third-order valence-electron chi connectivity index (χ3n) is 2.15. The van der Waals surface area contributed by atoms with Gasteiger partial charge in [-0.05, 0) is 6.92 Å². The van der Waals surface area contributed by atoms with Gasteiger partial charge in [-0.1, -0.05) is 0 Å². The van der Waals surface area contributed by atoms with E-state index in [2.05, 4.69) is 10.2 Å². The molecule has 0 fully saturated rings. The lowest BCUT2D eigenvalue weighted by Crippen LogP contribution is -2.43. The Hall–Kier alpha value is -1.41. The van der Waals surface area contributed by atoms with Crippen LogP contribution in [0.25, 0.3) is 0 Å². The van der Waals surface area contributed by atoms with Gasteiger partial charge in [0.1, 0.15) is 10.7 Å². The van der Waals surface area contributed by atoms with Crippen molar-refractivity contribution >= 4 is 15.9 Å². The lowest BCUT2D eigenvalue weighted by atomic mass is 10.3. The number of aromatic nitrogens is 2. The second-order valence-corrected chi connectivity index (χ2v) is 5.08. The summed E-state index contributed by atoms with van der Waals surface area (Å²) < 4.78 is 24.7. The molecule has 1 heterocycles. The molecule has 0 aliphatic carbocycles. The monoisotopic (exact) mass is 231 g/mol. The van der Waals surface area contributed by atoms with Gasteiger partial charge in [0.05, 0.1) is 12.2 Å². The Kier molecular flexibility index (Phi) is 3.10. The first-order chi connectivity index (χ1) is 6.87. The van der Waals surface area contributed by atoms with Crippen LogP contribution in [0.15, 0.2) is 17.3 Å². The van der Waals surface area contributed by atoms with Gasteiger partial charge in [-0.3, -0.25) is 10.5 Å². The van der Waals surface area contributed by atoms with Crippen molar-refractivity contribution in [2.24, 2.45) is 5.73 Å². The average Bonchev–Trinajstić information content (AvgIpc) is 2.68. The van der Waals surface area contributed by atoms with E-state index in [1.807, 2.05) is 0 Å². The molecule has 0 bridgehead atoms. The smallest absolute Gasteiger partial charge is 0.246 e. The number of amidine groups is 1. The number of nitrogens with two attached hydrogens (primary N) is 1. The van der Waals surface area contributed by atoms with E-state index in [1.165, 1.54) is 19.4 Å². The van der Waals surface area contributed by atoms with Crippen molar-refractivity contribution in [3.05, 3.63) is 12.4 Å². The first-order valence-corrected chi connectivity index (χ1v) is 5.62. The Morgan fingerprint density at radius 2 is 2.33 bits per heavy atom. The van der Waals surface area contributed by atoms with Gasteiger partial charge in [0.2, 0.25) is 10.0 Å². The second kappa shape index (κ2) is 3.99. The number of likely N-dealkylation sites (N-methyl/N-ethyl adjacent to an activating group) is 1. The molecule has 0 aliphatic rings. The second-order valence-electron chi connectivity index (χ2n) is 3.09. The summed E-state index contributed by atoms with van der Waals surface area (Å²) in [7, 11) is -2.25. The van der Waals surface area contributed by atoms with E-state index in [-0.39, 0.29) is 10.7 Å². The van der Waals surface area contributed by atoms with Gasteiger partial charge in [0, 0.05) is 13.2 Å². The van der Waals surface area contributed by atoms with E-state index in [1.54, 1.807) is 6.92 Å². The first kappa shape index (κ1) is 11.7. The van der Waals surface area contributed by atoms with Crippen molar-refractivity contribution in [1.29, 1.82) is 5.41 Å². The molecule has 1 aromatic heterocycles. The minimum atomic E-state index is -3.62. The van der Waals surface area contributed by atoms with Crippen molar-refractivity contribution in [2.75, 3.05) is 7.05 Å². The highest BCUT2D eigenvalue weighted by Gasteiger charge is 2.27. The Balaban J connectivity index is 3.03. The molecule has 0 amide bonds. The van der Waals surface area contributed by atoms with Crippen LogP contribution >= 0.6 is 0 Å². The first-order valence-electron chi connectivity index (χ1n) is 4.18. The Labute approximate surface area is 87.8 Å². The van der Waals surface area contributed by atoms with Crippen LogP contribution in [-0.4, -0.2) is 41.8 Å². The molecule has 1 unspecified atom stereocenters. The zero-order valence-electron chi connectivity index (χ0n) is 8.43. The number of nitrogens with zero attached hydrogens (tertiary/aromatic N) is 2. The highest BCUT2D eigenvalue weighted by Crippen LogP contribution is 2.14. The fourth-order valence-corrected chi connectivity index (χ4v) is 2.20. The third kappa shape index (κ3) is 2.16. The predicted octanol–water partition coefficient (Wildman–Crippen LogP) is -0.645. The molecule has 0 spiro atoms. The van der Waals surface area contributed by atoms with E-state index >= 15 is 0 Å². The predicted molar refractivity (Wildman–Crippen MR) is 54.9 cm³/mol. The molecule has 0 radical (unpaired) electrons. The summed E-state index contributed by atoms with van der Waals surface area (Å²) in [6.45, 7) is 1.54. The highest BCUT2D eigenvalue weighted by atomic mass is 32.2. The van der Waals surface area contributed by atoms with E-state index in [9.17, 15) is 8.42 Å². The average molecular weight is 231 g/mol. The maximum atomic E-state index is 11.9. The number of hydrogen-bond acceptors (Lipinski definition) is 4. The number of sulfonamides is 1. The standard InChI is InChI=1S/C7H13N5O2S/c1-5(7(8)9)12(2)15(13,14)6-3-10-11-4-6/h3-5H,1-2H3,(H3,8,9)(H,10,11). The van der Waals surface area contributed by atoms with E-state index in [4.69, 9.17) is 11.1 Å². The van der Waals surface area contributed by atoms with Crippen LogP contribution in [0.4, 0.5) is 0 Å². The molecule has 0 aromatic carbocycles. The number of H-pyrrole nitrogens is 1. The minimum absolute atomic E-state index is 0.0538. The van der Waals surface area contributed by atoms with E-state index < -0.39 is 16.1 Å². The molecule has 0 aliphatic heterocycles. The van der Waals surface area contributed by atoms with Crippen molar-refractivity contribution in [2.45, 2.75) is 17.9 Å². The molecular formula is C7H13N5O2S. The maximum Gasteiger partial charge on any atom is 0.246 e. The number of nitrogens with one attached hydrogen (secondary N) is 2. The Morgan fingerprint density at radius 3 is 2.73 bits per heavy atom. The van der Waals surface area contributed by atoms with Crippen molar-refractivity contribution in [3.8, 4) is 0 Å². The fraction of sp³-hybridized carbons (Fsp3) is 0.429. The molecule has 1 rings (SSSR count). The molecule has 15 heavy (non-hydrogen) atoms. The molecule has 4 N–H and O–H groups in total. The number of aromatic amines is 1. The lowest BCUT2D eigenvalue weighted by Gasteiger charge is -2.22. The SMILES string of the molecule is CC(C(=N)N)N(C)S(=O)(=O)c1cn[nH]c1. The lowest BCUT2D eigenvalue weighted by molar-refractivity contribution is 0.448. The van der Waals surface area contributed by atoms with Gasteiger partial charge in [0.15, 0.2) is 0 Å². The zero-order valence-corrected chi connectivity index (χ0v) is 9.25. The van der Waals surface area contributed by atoms with Crippen LogP contribution in [0, 0.1) is 5.41 Å². The quantitative estimate of drug-likeness (QED) is 0.472. The van der Waals surface area contributed by atoms with Crippen molar-refractivity contribution < 1.29 is 8.42 Å². The molecule has 84 valence electrons. The van der Waals surface area contributed by atoms with Crippen LogP contribution in [-0.2, 0) is 10.0 Å². The molecule has 8 heteroatoms. The maximum absolute atomic E-state index is 11.9.